The van der Waals surface area contributed by atoms with Crippen LogP contribution in [0.4, 0.5) is 0 Å². The van der Waals surface area contributed by atoms with Crippen molar-refractivity contribution in [3.05, 3.63) is 69.0 Å². The second kappa shape index (κ2) is 6.94. The Morgan fingerprint density at radius 3 is 2.81 bits per heavy atom. The first-order valence-electron chi connectivity index (χ1n) is 8.09. The number of para-hydroxylation sites is 1. The van der Waals surface area contributed by atoms with Gasteiger partial charge < -0.3 is 24.9 Å². The van der Waals surface area contributed by atoms with Gasteiger partial charge >= 0.3 is 0 Å². The van der Waals surface area contributed by atoms with E-state index in [-0.39, 0.29) is 30.2 Å². The number of methoxy groups -OCH3 is 1. The SMILES string of the molecule is COc1ccccc1C1C(C#N)=C(N)Oc2cc(C)n(CCO)c(=O)c21. The van der Waals surface area contributed by atoms with Crippen molar-refractivity contribution in [2.24, 2.45) is 5.73 Å². The fourth-order valence-corrected chi connectivity index (χ4v) is 3.28. The molecule has 0 fully saturated rings. The highest BCUT2D eigenvalue weighted by Gasteiger charge is 2.35. The number of nitrogens with zero attached hydrogens (tertiary/aromatic N) is 2. The quantitative estimate of drug-likeness (QED) is 0.859. The van der Waals surface area contributed by atoms with Crippen molar-refractivity contribution in [2.45, 2.75) is 19.4 Å². The molecule has 0 radical (unpaired) electrons. The Balaban J connectivity index is 2.35. The molecule has 7 nitrogen and oxygen atoms in total. The summed E-state index contributed by atoms with van der Waals surface area (Å²) in [6.45, 7) is 1.72. The third-order valence-corrected chi connectivity index (χ3v) is 4.46. The molecule has 0 saturated carbocycles. The van der Waals surface area contributed by atoms with E-state index in [2.05, 4.69) is 6.07 Å². The highest BCUT2D eigenvalue weighted by molar-refractivity contribution is 5.58. The van der Waals surface area contributed by atoms with Crippen LogP contribution in [-0.2, 0) is 6.54 Å². The fourth-order valence-electron chi connectivity index (χ4n) is 3.28. The summed E-state index contributed by atoms with van der Waals surface area (Å²) in [5, 5.41) is 18.9. The van der Waals surface area contributed by atoms with E-state index in [1.807, 2.05) is 0 Å². The lowest BCUT2D eigenvalue weighted by molar-refractivity contribution is 0.272. The molecule has 134 valence electrons. The van der Waals surface area contributed by atoms with Crippen LogP contribution in [0.2, 0.25) is 0 Å². The van der Waals surface area contributed by atoms with Gasteiger partial charge in [-0.25, -0.2) is 0 Å². The van der Waals surface area contributed by atoms with Gasteiger partial charge in [-0.05, 0) is 13.0 Å². The lowest BCUT2D eigenvalue weighted by Gasteiger charge is -2.28. The number of aryl methyl sites for hydroxylation is 1. The van der Waals surface area contributed by atoms with Crippen LogP contribution in [0.1, 0.15) is 22.7 Å². The maximum atomic E-state index is 13.1. The molecule has 1 aromatic carbocycles. The lowest BCUT2D eigenvalue weighted by atomic mass is 9.83. The van der Waals surface area contributed by atoms with Gasteiger partial charge in [0.25, 0.3) is 5.56 Å². The van der Waals surface area contributed by atoms with Crippen LogP contribution in [0.5, 0.6) is 11.5 Å². The van der Waals surface area contributed by atoms with Crippen LogP contribution >= 0.6 is 0 Å². The number of hydrogen-bond donors (Lipinski definition) is 2. The van der Waals surface area contributed by atoms with Crippen LogP contribution in [0.3, 0.4) is 0 Å². The second-order valence-corrected chi connectivity index (χ2v) is 5.91. The number of aliphatic hydroxyl groups is 1. The summed E-state index contributed by atoms with van der Waals surface area (Å²) in [5.74, 6) is 0.112. The Kier molecular flexibility index (Phi) is 4.69. The fraction of sp³-hybridized carbons (Fsp3) is 0.263. The summed E-state index contributed by atoms with van der Waals surface area (Å²) in [5.41, 5.74) is 7.38. The van der Waals surface area contributed by atoms with Crippen LogP contribution in [-0.4, -0.2) is 23.4 Å². The molecular formula is C19H19N3O4. The number of benzene rings is 1. The minimum Gasteiger partial charge on any atom is -0.496 e. The zero-order valence-corrected chi connectivity index (χ0v) is 14.5. The van der Waals surface area contributed by atoms with E-state index >= 15 is 0 Å². The predicted octanol–water partition coefficient (Wildman–Crippen LogP) is 1.38. The molecule has 1 aromatic heterocycles. The minimum atomic E-state index is -0.710. The van der Waals surface area contributed by atoms with Gasteiger partial charge in [-0.3, -0.25) is 4.79 Å². The van der Waals surface area contributed by atoms with Crippen molar-refractivity contribution in [3.63, 3.8) is 0 Å². The Labute approximate surface area is 150 Å². The normalized spacial score (nSPS) is 15.8. The number of aliphatic hydroxyl groups excluding tert-OH is 1. The standard InChI is InChI=1S/C19H19N3O4/c1-11-9-15-17(19(24)22(11)7-8-23)16(13(10-20)18(21)26-15)12-5-3-4-6-14(12)25-2/h3-6,9,16,23H,7-8,21H2,1-2H3. The molecule has 7 heteroatoms. The number of hydrogen-bond acceptors (Lipinski definition) is 6. The van der Waals surface area contributed by atoms with E-state index in [1.54, 1.807) is 37.3 Å². The van der Waals surface area contributed by atoms with Gasteiger partial charge in [0, 0.05) is 23.9 Å². The summed E-state index contributed by atoms with van der Waals surface area (Å²) < 4.78 is 12.5. The number of aromatic nitrogens is 1. The zero-order chi connectivity index (χ0) is 18.8. The molecule has 0 bridgehead atoms. The van der Waals surface area contributed by atoms with Gasteiger partial charge in [-0.2, -0.15) is 5.26 Å². The number of pyridine rings is 1. The summed E-state index contributed by atoms with van der Waals surface area (Å²) in [4.78, 5) is 13.1. The average molecular weight is 353 g/mol. The largest absolute Gasteiger partial charge is 0.496 e. The molecule has 1 unspecified atom stereocenters. The summed E-state index contributed by atoms with van der Waals surface area (Å²) in [6, 6.07) is 10.9. The van der Waals surface area contributed by atoms with E-state index in [4.69, 9.17) is 15.2 Å². The van der Waals surface area contributed by atoms with E-state index in [0.29, 0.717) is 28.3 Å². The van der Waals surface area contributed by atoms with Crippen LogP contribution in [0.25, 0.3) is 0 Å². The maximum absolute atomic E-state index is 13.1. The third kappa shape index (κ3) is 2.70. The first-order valence-corrected chi connectivity index (χ1v) is 8.09. The molecule has 1 atom stereocenters. The zero-order valence-electron chi connectivity index (χ0n) is 14.5. The smallest absolute Gasteiger partial charge is 0.258 e. The van der Waals surface area contributed by atoms with Crippen molar-refractivity contribution in [2.75, 3.05) is 13.7 Å². The van der Waals surface area contributed by atoms with Crippen LogP contribution in [0.15, 0.2) is 46.6 Å². The molecule has 0 spiro atoms. The van der Waals surface area contributed by atoms with Gasteiger partial charge in [0.1, 0.15) is 23.1 Å². The lowest BCUT2D eigenvalue weighted by Crippen LogP contribution is -2.33. The molecule has 2 aromatic rings. The average Bonchev–Trinajstić information content (AvgIpc) is 2.64. The second-order valence-electron chi connectivity index (χ2n) is 5.91. The third-order valence-electron chi connectivity index (χ3n) is 4.46. The predicted molar refractivity (Wildman–Crippen MR) is 94.8 cm³/mol. The van der Waals surface area contributed by atoms with Gasteiger partial charge in [0.05, 0.1) is 25.2 Å². The molecule has 0 amide bonds. The van der Waals surface area contributed by atoms with Crippen LogP contribution < -0.4 is 20.8 Å². The summed E-state index contributed by atoms with van der Waals surface area (Å²) in [7, 11) is 1.53. The van der Waals surface area contributed by atoms with E-state index < -0.39 is 5.92 Å². The number of nitriles is 1. The minimum absolute atomic E-state index is 0.0328. The molecule has 0 saturated heterocycles. The van der Waals surface area contributed by atoms with Crippen molar-refractivity contribution in [1.82, 2.24) is 4.57 Å². The molecule has 26 heavy (non-hydrogen) atoms. The van der Waals surface area contributed by atoms with Crippen molar-refractivity contribution in [3.8, 4) is 17.6 Å². The number of ether oxygens (including phenoxy) is 2. The molecule has 3 N–H and O–H groups in total. The Morgan fingerprint density at radius 2 is 2.15 bits per heavy atom. The highest BCUT2D eigenvalue weighted by atomic mass is 16.5. The number of allylic oxidation sites excluding steroid dienone is 1. The van der Waals surface area contributed by atoms with Crippen molar-refractivity contribution < 1.29 is 14.6 Å². The Bertz CT molecular complexity index is 985. The van der Waals surface area contributed by atoms with Gasteiger partial charge in [0.2, 0.25) is 5.88 Å². The molecule has 1 aliphatic rings. The van der Waals surface area contributed by atoms with E-state index in [9.17, 15) is 15.2 Å². The van der Waals surface area contributed by atoms with E-state index in [0.717, 1.165) is 0 Å². The highest BCUT2D eigenvalue weighted by Crippen LogP contribution is 2.43. The molecule has 3 rings (SSSR count). The Hall–Kier alpha value is -3.24. The van der Waals surface area contributed by atoms with Gasteiger partial charge in [-0.1, -0.05) is 18.2 Å². The van der Waals surface area contributed by atoms with Crippen molar-refractivity contribution >= 4 is 0 Å². The van der Waals surface area contributed by atoms with Gasteiger partial charge in [-0.15, -0.1) is 0 Å². The topological polar surface area (TPSA) is 110 Å². The van der Waals surface area contributed by atoms with E-state index in [1.165, 1.54) is 11.7 Å². The first kappa shape index (κ1) is 17.6. The number of rotatable bonds is 4. The monoisotopic (exact) mass is 353 g/mol. The molecular weight excluding hydrogens is 334 g/mol. The number of fused-ring (bicyclic) bond motifs is 1. The van der Waals surface area contributed by atoms with Crippen molar-refractivity contribution in [1.29, 1.82) is 5.26 Å². The molecule has 2 heterocycles. The summed E-state index contributed by atoms with van der Waals surface area (Å²) >= 11 is 0. The number of nitrogens with two attached hydrogens (primary N) is 1. The Morgan fingerprint density at radius 1 is 1.42 bits per heavy atom. The first-order chi connectivity index (χ1) is 12.5. The van der Waals surface area contributed by atoms with Crippen LogP contribution in [0, 0.1) is 18.3 Å². The molecule has 1 aliphatic heterocycles. The molecule has 0 aliphatic carbocycles. The maximum Gasteiger partial charge on any atom is 0.258 e. The summed E-state index contributed by atoms with van der Waals surface area (Å²) in [6.07, 6.45) is 0. The van der Waals surface area contributed by atoms with Gasteiger partial charge in [0.15, 0.2) is 0 Å².